The first-order chi connectivity index (χ1) is 5.59. The first-order valence-electron chi connectivity index (χ1n) is 2.95. The number of halogens is 3. The molecule has 1 aromatic heterocycles. The van der Waals surface area contributed by atoms with Crippen molar-refractivity contribution in [3.8, 4) is 5.75 Å². The highest BCUT2D eigenvalue weighted by molar-refractivity contribution is 9.10. The SMILES string of the molecule is Nc1cc(OC(F)F)cnc1Br. The molecule has 2 N–H and O–H groups in total. The zero-order valence-electron chi connectivity index (χ0n) is 5.80. The molecular weight excluding hydrogens is 234 g/mol. The third kappa shape index (κ3) is 2.30. The summed E-state index contributed by atoms with van der Waals surface area (Å²) in [6.07, 6.45) is 1.16. The van der Waals surface area contributed by atoms with Gasteiger partial charge in [0.05, 0.1) is 11.9 Å². The summed E-state index contributed by atoms with van der Waals surface area (Å²) in [6.45, 7) is -2.85. The van der Waals surface area contributed by atoms with Crippen LogP contribution in [-0.4, -0.2) is 11.6 Å². The Morgan fingerprint density at radius 1 is 1.58 bits per heavy atom. The smallest absolute Gasteiger partial charge is 0.387 e. The maximum Gasteiger partial charge on any atom is 0.387 e. The van der Waals surface area contributed by atoms with Gasteiger partial charge in [0.25, 0.3) is 0 Å². The second kappa shape index (κ2) is 3.66. The van der Waals surface area contributed by atoms with Crippen LogP contribution in [0.4, 0.5) is 14.5 Å². The molecule has 0 aliphatic rings. The Labute approximate surface area is 75.7 Å². The van der Waals surface area contributed by atoms with Crippen LogP contribution in [0.2, 0.25) is 0 Å². The summed E-state index contributed by atoms with van der Waals surface area (Å²) >= 11 is 3.02. The number of nitrogens with zero attached hydrogens (tertiary/aromatic N) is 1. The Kier molecular flexibility index (Phi) is 2.80. The highest BCUT2D eigenvalue weighted by Gasteiger charge is 2.05. The van der Waals surface area contributed by atoms with Gasteiger partial charge in [-0.2, -0.15) is 8.78 Å². The van der Waals surface area contributed by atoms with Gasteiger partial charge in [-0.15, -0.1) is 0 Å². The van der Waals surface area contributed by atoms with Crippen LogP contribution < -0.4 is 10.5 Å². The summed E-state index contributed by atoms with van der Waals surface area (Å²) in [5.41, 5.74) is 5.62. The average Bonchev–Trinajstić information content (AvgIpc) is 1.96. The minimum absolute atomic E-state index is 0.0503. The van der Waals surface area contributed by atoms with Gasteiger partial charge in [0.1, 0.15) is 10.4 Å². The molecule has 0 radical (unpaired) electrons. The number of alkyl halides is 2. The van der Waals surface area contributed by atoms with Gasteiger partial charge in [-0.25, -0.2) is 4.98 Å². The number of pyridine rings is 1. The number of rotatable bonds is 2. The maximum absolute atomic E-state index is 11.7. The van der Waals surface area contributed by atoms with Gasteiger partial charge in [0, 0.05) is 6.07 Å². The zero-order valence-corrected chi connectivity index (χ0v) is 7.38. The molecule has 0 amide bonds. The number of nitrogen functional groups attached to an aromatic ring is 1. The number of aromatic nitrogens is 1. The van der Waals surface area contributed by atoms with Gasteiger partial charge < -0.3 is 10.5 Å². The fraction of sp³-hybridized carbons (Fsp3) is 0.167. The Morgan fingerprint density at radius 2 is 2.25 bits per heavy atom. The average molecular weight is 239 g/mol. The zero-order chi connectivity index (χ0) is 9.14. The summed E-state index contributed by atoms with van der Waals surface area (Å²) in [6, 6.07) is 1.27. The van der Waals surface area contributed by atoms with E-state index in [4.69, 9.17) is 5.73 Å². The molecule has 0 unspecified atom stereocenters. The molecule has 0 aliphatic heterocycles. The van der Waals surface area contributed by atoms with Crippen LogP contribution in [0.1, 0.15) is 0 Å². The lowest BCUT2D eigenvalue weighted by molar-refractivity contribution is -0.0500. The second-order valence-corrected chi connectivity index (χ2v) is 2.68. The number of nitrogens with two attached hydrogens (primary N) is 1. The van der Waals surface area contributed by atoms with Crippen molar-refractivity contribution in [2.45, 2.75) is 6.61 Å². The molecule has 0 saturated carbocycles. The van der Waals surface area contributed by atoms with E-state index in [9.17, 15) is 8.78 Å². The molecule has 3 nitrogen and oxygen atoms in total. The molecule has 1 heterocycles. The first-order valence-corrected chi connectivity index (χ1v) is 3.74. The topological polar surface area (TPSA) is 48.1 Å². The molecule has 0 bridgehead atoms. The number of ether oxygens (including phenoxy) is 1. The molecule has 0 fully saturated rings. The third-order valence-electron chi connectivity index (χ3n) is 1.07. The van der Waals surface area contributed by atoms with E-state index in [0.29, 0.717) is 4.60 Å². The lowest BCUT2D eigenvalue weighted by atomic mass is 10.4. The monoisotopic (exact) mass is 238 g/mol. The largest absolute Gasteiger partial charge is 0.433 e. The second-order valence-electron chi connectivity index (χ2n) is 1.93. The Bertz CT molecular complexity index is 282. The molecular formula is C6H5BrF2N2O. The summed E-state index contributed by atoms with van der Waals surface area (Å²) in [7, 11) is 0. The number of hydrogen-bond donors (Lipinski definition) is 1. The van der Waals surface area contributed by atoms with Crippen LogP contribution in [0, 0.1) is 0 Å². The fourth-order valence-electron chi connectivity index (χ4n) is 0.612. The van der Waals surface area contributed by atoms with Gasteiger partial charge in [-0.3, -0.25) is 0 Å². The van der Waals surface area contributed by atoms with Crippen LogP contribution in [0.25, 0.3) is 0 Å². The van der Waals surface area contributed by atoms with E-state index >= 15 is 0 Å². The molecule has 0 aliphatic carbocycles. The standard InChI is InChI=1S/C6H5BrF2N2O/c7-5-4(10)1-3(2-11-5)12-6(8)9/h1-2,6H,10H2. The molecule has 1 aromatic rings. The van der Waals surface area contributed by atoms with Crippen molar-refractivity contribution in [3.05, 3.63) is 16.9 Å². The molecule has 0 saturated heterocycles. The van der Waals surface area contributed by atoms with Crippen molar-refractivity contribution in [1.82, 2.24) is 4.98 Å². The predicted molar refractivity (Wildman–Crippen MR) is 43.0 cm³/mol. The van der Waals surface area contributed by atoms with E-state index in [1.54, 1.807) is 0 Å². The predicted octanol–water partition coefficient (Wildman–Crippen LogP) is 2.03. The van der Waals surface area contributed by atoms with E-state index in [1.807, 2.05) is 0 Å². The van der Waals surface area contributed by atoms with Crippen LogP contribution in [0.5, 0.6) is 5.75 Å². The number of hydrogen-bond acceptors (Lipinski definition) is 3. The Hall–Kier alpha value is -0.910. The summed E-state index contributed by atoms with van der Waals surface area (Å²) in [5, 5.41) is 0. The van der Waals surface area contributed by atoms with Crippen molar-refractivity contribution in [2.24, 2.45) is 0 Å². The molecule has 6 heteroatoms. The third-order valence-corrected chi connectivity index (χ3v) is 1.73. The van der Waals surface area contributed by atoms with Gasteiger partial charge >= 0.3 is 6.61 Å². The summed E-state index contributed by atoms with van der Waals surface area (Å²) < 4.78 is 27.8. The quantitative estimate of drug-likeness (QED) is 0.803. The molecule has 0 aromatic carbocycles. The van der Waals surface area contributed by atoms with Crippen molar-refractivity contribution in [1.29, 1.82) is 0 Å². The fourth-order valence-corrected chi connectivity index (χ4v) is 0.829. The number of anilines is 1. The van der Waals surface area contributed by atoms with Crippen molar-refractivity contribution < 1.29 is 13.5 Å². The molecule has 12 heavy (non-hydrogen) atoms. The van der Waals surface area contributed by atoms with Crippen LogP contribution in [0.3, 0.4) is 0 Å². The van der Waals surface area contributed by atoms with E-state index in [-0.39, 0.29) is 11.4 Å². The maximum atomic E-state index is 11.7. The van der Waals surface area contributed by atoms with Crippen molar-refractivity contribution in [2.75, 3.05) is 5.73 Å². The van der Waals surface area contributed by atoms with E-state index < -0.39 is 6.61 Å². The molecule has 0 spiro atoms. The van der Waals surface area contributed by atoms with E-state index in [0.717, 1.165) is 6.20 Å². The molecule has 1 rings (SSSR count). The molecule has 0 atom stereocenters. The van der Waals surface area contributed by atoms with E-state index in [1.165, 1.54) is 6.07 Å². The van der Waals surface area contributed by atoms with Gasteiger partial charge in [-0.1, -0.05) is 0 Å². The first kappa shape index (κ1) is 9.18. The minimum atomic E-state index is -2.85. The highest BCUT2D eigenvalue weighted by Crippen LogP contribution is 2.22. The highest BCUT2D eigenvalue weighted by atomic mass is 79.9. The lowest BCUT2D eigenvalue weighted by Gasteiger charge is -2.04. The van der Waals surface area contributed by atoms with Crippen molar-refractivity contribution >= 4 is 21.6 Å². The Morgan fingerprint density at radius 3 is 2.75 bits per heavy atom. The van der Waals surface area contributed by atoms with Crippen LogP contribution >= 0.6 is 15.9 Å². The van der Waals surface area contributed by atoms with Gasteiger partial charge in [0.15, 0.2) is 0 Å². The minimum Gasteiger partial charge on any atom is -0.433 e. The van der Waals surface area contributed by atoms with Crippen LogP contribution in [-0.2, 0) is 0 Å². The summed E-state index contributed by atoms with van der Waals surface area (Å²) in [5.74, 6) is -0.0503. The molecule has 66 valence electrons. The van der Waals surface area contributed by atoms with Gasteiger partial charge in [0.2, 0.25) is 0 Å². The van der Waals surface area contributed by atoms with Crippen LogP contribution in [0.15, 0.2) is 16.9 Å². The van der Waals surface area contributed by atoms with Gasteiger partial charge in [-0.05, 0) is 15.9 Å². The summed E-state index contributed by atoms with van der Waals surface area (Å²) in [4.78, 5) is 3.67. The lowest BCUT2D eigenvalue weighted by Crippen LogP contribution is -2.03. The van der Waals surface area contributed by atoms with Crippen molar-refractivity contribution in [3.63, 3.8) is 0 Å². The normalized spacial score (nSPS) is 10.3. The van der Waals surface area contributed by atoms with E-state index in [2.05, 4.69) is 25.7 Å². The Balaban J connectivity index is 2.82.